The molecule has 1 unspecified atom stereocenters. The molecule has 3 N–H and O–H groups in total. The predicted molar refractivity (Wildman–Crippen MR) is 41.1 cm³/mol. The van der Waals surface area contributed by atoms with Crippen LogP contribution in [0.3, 0.4) is 0 Å². The zero-order valence-corrected chi connectivity index (χ0v) is 6.28. The summed E-state index contributed by atoms with van der Waals surface area (Å²) >= 11 is 0. The molecule has 2 heterocycles. The topological polar surface area (TPSA) is 65.5 Å². The zero-order valence-electron chi connectivity index (χ0n) is 6.28. The van der Waals surface area contributed by atoms with E-state index in [1.165, 1.54) is 5.12 Å². The lowest BCUT2D eigenvalue weighted by Gasteiger charge is -2.26. The molecule has 1 saturated heterocycles. The smallest absolute Gasteiger partial charge is 0.221 e. The maximum atomic E-state index is 7.46. The number of amidine groups is 1. The molecule has 0 amide bonds. The van der Waals surface area contributed by atoms with E-state index in [-0.39, 0.29) is 0 Å². The van der Waals surface area contributed by atoms with Crippen LogP contribution in [-0.4, -0.2) is 28.9 Å². The highest BCUT2D eigenvalue weighted by molar-refractivity contribution is 5.83. The molecule has 0 aromatic carbocycles. The van der Waals surface area contributed by atoms with E-state index in [1.54, 1.807) is 12.5 Å². The van der Waals surface area contributed by atoms with Gasteiger partial charge in [-0.05, 0) is 0 Å². The van der Waals surface area contributed by atoms with Gasteiger partial charge in [0.05, 0.1) is 12.6 Å². The van der Waals surface area contributed by atoms with E-state index in [0.717, 1.165) is 5.70 Å². The van der Waals surface area contributed by atoms with Crippen molar-refractivity contribution in [1.82, 2.24) is 5.12 Å². The van der Waals surface area contributed by atoms with Crippen LogP contribution < -0.4 is 5.84 Å². The minimum atomic E-state index is 0.346. The van der Waals surface area contributed by atoms with Crippen LogP contribution in [0.1, 0.15) is 6.42 Å². The van der Waals surface area contributed by atoms with Crippen molar-refractivity contribution in [3.05, 3.63) is 11.9 Å². The third kappa shape index (κ3) is 0.611. The van der Waals surface area contributed by atoms with Crippen molar-refractivity contribution in [3.8, 4) is 0 Å². The molecule has 0 spiro atoms. The normalized spacial score (nSPS) is 34.5. The molecule has 1 atom stereocenters. The number of rotatable bonds is 0. The average molecular weight is 152 g/mol. The van der Waals surface area contributed by atoms with Crippen LogP contribution in [0.5, 0.6) is 0 Å². The van der Waals surface area contributed by atoms with Gasteiger partial charge in [0.15, 0.2) is 11.5 Å². The van der Waals surface area contributed by atoms with Gasteiger partial charge in [-0.2, -0.15) is 5.84 Å². The molecule has 2 aliphatic rings. The van der Waals surface area contributed by atoms with Gasteiger partial charge in [0, 0.05) is 0 Å². The van der Waals surface area contributed by atoms with E-state index >= 15 is 0 Å². The summed E-state index contributed by atoms with van der Waals surface area (Å²) in [7, 11) is 1.91. The fourth-order valence-corrected chi connectivity index (χ4v) is 1.34. The van der Waals surface area contributed by atoms with Gasteiger partial charge in [0.2, 0.25) is 6.34 Å². The maximum absolute atomic E-state index is 7.46. The molecule has 0 radical (unpaired) electrons. The largest absolute Gasteiger partial charge is 0.282 e. The molecule has 5 heteroatoms. The van der Waals surface area contributed by atoms with Gasteiger partial charge < -0.3 is 0 Å². The first-order valence-electron chi connectivity index (χ1n) is 3.37. The molecule has 0 aromatic heterocycles. The van der Waals surface area contributed by atoms with Crippen molar-refractivity contribution in [2.24, 2.45) is 10.8 Å². The Bertz CT molecular complexity index is 279. The van der Waals surface area contributed by atoms with Crippen LogP contribution in [0.2, 0.25) is 0 Å². The molecule has 0 aromatic rings. The highest BCUT2D eigenvalue weighted by Crippen LogP contribution is 2.29. The lowest BCUT2D eigenvalue weighted by atomic mass is 10.3. The lowest BCUT2D eigenvalue weighted by Crippen LogP contribution is -2.54. The van der Waals surface area contributed by atoms with E-state index in [2.05, 4.69) is 4.99 Å². The molecule has 2 aliphatic heterocycles. The predicted octanol–water partition coefficient (Wildman–Crippen LogP) is -0.212. The minimum Gasteiger partial charge on any atom is -0.282 e. The monoisotopic (exact) mass is 152 g/mol. The molecular weight excluding hydrogens is 142 g/mol. The van der Waals surface area contributed by atoms with Gasteiger partial charge in [-0.3, -0.25) is 5.41 Å². The van der Waals surface area contributed by atoms with E-state index < -0.39 is 0 Å². The van der Waals surface area contributed by atoms with Gasteiger partial charge in [-0.15, -0.1) is 9.71 Å². The first kappa shape index (κ1) is 6.51. The second-order valence-corrected chi connectivity index (χ2v) is 2.88. The van der Waals surface area contributed by atoms with Gasteiger partial charge >= 0.3 is 0 Å². The number of quaternary nitrogens is 1. The van der Waals surface area contributed by atoms with E-state index in [1.807, 2.05) is 7.05 Å². The number of hydrogen-bond acceptors (Lipinski definition) is 3. The van der Waals surface area contributed by atoms with Crippen LogP contribution >= 0.6 is 0 Å². The summed E-state index contributed by atoms with van der Waals surface area (Å²) in [6.45, 7) is 0. The first-order valence-corrected chi connectivity index (χ1v) is 3.37. The summed E-state index contributed by atoms with van der Waals surface area (Å²) in [5, 5.41) is 8.87. The standard InChI is InChI=1S/C6H10N5/c1-11-4-9-3-5(11)2-6(7)10(11)8/h3-4,7H,2,8H2,1H3/q+1. The van der Waals surface area contributed by atoms with Crippen LogP contribution in [0.25, 0.3) is 0 Å². The van der Waals surface area contributed by atoms with E-state index in [4.69, 9.17) is 11.3 Å². The molecule has 58 valence electrons. The Labute approximate surface area is 64.5 Å². The summed E-state index contributed by atoms with van der Waals surface area (Å²) < 4.78 is 0.346. The Kier molecular flexibility index (Phi) is 1.000. The fraction of sp³-hybridized carbons (Fsp3) is 0.333. The highest BCUT2D eigenvalue weighted by Gasteiger charge is 2.45. The number of nitrogens with two attached hydrogens (primary N) is 1. The Balaban J connectivity index is 2.47. The number of nitrogens with zero attached hydrogens (tertiary/aromatic N) is 3. The number of fused-ring (bicyclic) bond motifs is 1. The Morgan fingerprint density at radius 1 is 1.82 bits per heavy atom. The third-order valence-electron chi connectivity index (χ3n) is 2.17. The number of aliphatic imine (C=N–C) groups is 1. The van der Waals surface area contributed by atoms with Gasteiger partial charge in [-0.25, -0.2) is 4.99 Å². The quantitative estimate of drug-likeness (QED) is 0.372. The molecule has 5 nitrogen and oxygen atoms in total. The lowest BCUT2D eigenvalue weighted by molar-refractivity contribution is -0.878. The van der Waals surface area contributed by atoms with E-state index in [9.17, 15) is 0 Å². The van der Waals surface area contributed by atoms with Gasteiger partial charge in [0.1, 0.15) is 7.05 Å². The molecule has 1 fully saturated rings. The summed E-state index contributed by atoms with van der Waals surface area (Å²) in [5.74, 6) is 6.08. The highest BCUT2D eigenvalue weighted by atomic mass is 15.9. The maximum Gasteiger partial charge on any atom is 0.221 e. The minimum absolute atomic E-state index is 0.346. The third-order valence-corrected chi connectivity index (χ3v) is 2.17. The number of hydrazine groups is 1. The summed E-state index contributed by atoms with van der Waals surface area (Å²) in [6.07, 6.45) is 4.09. The number of nitrogens with one attached hydrogen (secondary N) is 1. The van der Waals surface area contributed by atoms with Crippen LogP contribution in [0.4, 0.5) is 0 Å². The van der Waals surface area contributed by atoms with Crippen molar-refractivity contribution in [2.75, 3.05) is 7.05 Å². The first-order chi connectivity index (χ1) is 5.14. The molecule has 0 saturated carbocycles. The summed E-state index contributed by atoms with van der Waals surface area (Å²) in [5.41, 5.74) is 1.05. The molecule has 0 bridgehead atoms. The second kappa shape index (κ2) is 1.69. The van der Waals surface area contributed by atoms with Crippen molar-refractivity contribution in [2.45, 2.75) is 6.42 Å². The number of hydrogen-bond donors (Lipinski definition) is 2. The summed E-state index contributed by atoms with van der Waals surface area (Å²) in [4.78, 5) is 3.99. The van der Waals surface area contributed by atoms with Gasteiger partial charge in [0.25, 0.3) is 0 Å². The summed E-state index contributed by atoms with van der Waals surface area (Å²) in [6, 6.07) is 0. The second-order valence-electron chi connectivity index (χ2n) is 2.88. The average Bonchev–Trinajstić information content (AvgIpc) is 2.39. The molecule has 0 aliphatic carbocycles. The fourth-order valence-electron chi connectivity index (χ4n) is 1.34. The van der Waals surface area contributed by atoms with Gasteiger partial charge in [-0.1, -0.05) is 0 Å². The van der Waals surface area contributed by atoms with Crippen molar-refractivity contribution < 1.29 is 4.59 Å². The van der Waals surface area contributed by atoms with Crippen LogP contribution in [-0.2, 0) is 0 Å². The Morgan fingerprint density at radius 3 is 3.18 bits per heavy atom. The van der Waals surface area contributed by atoms with Crippen LogP contribution in [0, 0.1) is 5.41 Å². The molecule has 11 heavy (non-hydrogen) atoms. The van der Waals surface area contributed by atoms with Crippen molar-refractivity contribution in [1.29, 1.82) is 5.41 Å². The SMILES string of the molecule is C[N+]12C=NC=C1CC(=N)N2N. The molecular formula is C6H10N5+. The van der Waals surface area contributed by atoms with E-state index in [0.29, 0.717) is 16.8 Å². The van der Waals surface area contributed by atoms with Crippen molar-refractivity contribution in [3.63, 3.8) is 0 Å². The molecule has 2 rings (SSSR count). The Morgan fingerprint density at radius 2 is 2.55 bits per heavy atom. The van der Waals surface area contributed by atoms with Crippen molar-refractivity contribution >= 4 is 12.2 Å². The zero-order chi connectivity index (χ0) is 8.06. The van der Waals surface area contributed by atoms with Crippen LogP contribution in [0.15, 0.2) is 16.9 Å². The Hall–Kier alpha value is -1.20.